The minimum Gasteiger partial charge on any atom is -0.392 e. The predicted octanol–water partition coefficient (Wildman–Crippen LogP) is 4.12. The number of carbonyl (C=O) groups excluding carboxylic acids is 1. The van der Waals surface area contributed by atoms with E-state index in [1.165, 1.54) is 5.57 Å². The summed E-state index contributed by atoms with van der Waals surface area (Å²) in [5, 5.41) is 23.6. The Balaban J connectivity index is 1.79. The topological polar surface area (TPSA) is 69.6 Å². The van der Waals surface area contributed by atoms with Gasteiger partial charge in [0.1, 0.15) is 0 Å². The van der Waals surface area contributed by atoms with Gasteiger partial charge in [0, 0.05) is 19.4 Å². The number of carbonyl (C=O) groups is 1. The second-order valence-corrected chi connectivity index (χ2v) is 8.85. The number of fused-ring (bicyclic) bond motifs is 1. The molecule has 0 aromatic heterocycles. The van der Waals surface area contributed by atoms with Crippen LogP contribution in [0.2, 0.25) is 0 Å². The van der Waals surface area contributed by atoms with Crippen molar-refractivity contribution in [3.05, 3.63) is 23.8 Å². The molecule has 0 saturated heterocycles. The second-order valence-electron chi connectivity index (χ2n) is 8.85. The summed E-state index contributed by atoms with van der Waals surface area (Å²) < 4.78 is 0. The van der Waals surface area contributed by atoms with Gasteiger partial charge in [-0.25, -0.2) is 0 Å². The van der Waals surface area contributed by atoms with Gasteiger partial charge in [-0.2, -0.15) is 0 Å². The Labute approximate surface area is 165 Å². The Hall–Kier alpha value is -1.13. The van der Waals surface area contributed by atoms with Crippen LogP contribution < -0.4 is 5.32 Å². The lowest BCUT2D eigenvalue weighted by Crippen LogP contribution is -2.23. The molecule has 3 N–H and O–H groups in total. The van der Waals surface area contributed by atoms with Gasteiger partial charge in [0.2, 0.25) is 5.91 Å². The summed E-state index contributed by atoms with van der Waals surface area (Å²) in [4.78, 5) is 11.3. The summed E-state index contributed by atoms with van der Waals surface area (Å²) in [5.41, 5.74) is 0.862. The third-order valence-corrected chi connectivity index (χ3v) is 6.37. The van der Waals surface area contributed by atoms with Crippen LogP contribution in [-0.4, -0.2) is 34.9 Å². The Morgan fingerprint density at radius 3 is 2.85 bits per heavy atom. The highest BCUT2D eigenvalue weighted by molar-refractivity contribution is 5.75. The number of aliphatic hydroxyl groups is 2. The van der Waals surface area contributed by atoms with E-state index in [2.05, 4.69) is 30.5 Å². The zero-order chi connectivity index (χ0) is 19.9. The second kappa shape index (κ2) is 10.4. The van der Waals surface area contributed by atoms with E-state index in [9.17, 15) is 15.0 Å². The molecule has 1 fully saturated rings. The first-order valence-corrected chi connectivity index (χ1v) is 10.8. The Kier molecular flexibility index (Phi) is 8.56. The number of hydrogen-bond acceptors (Lipinski definition) is 3. The van der Waals surface area contributed by atoms with Gasteiger partial charge in [0.25, 0.3) is 0 Å². The minimum absolute atomic E-state index is 0.121. The van der Waals surface area contributed by atoms with Gasteiger partial charge in [0.15, 0.2) is 0 Å². The predicted molar refractivity (Wildman–Crippen MR) is 110 cm³/mol. The first kappa shape index (κ1) is 22.2. The van der Waals surface area contributed by atoms with Crippen molar-refractivity contribution in [1.82, 2.24) is 5.32 Å². The van der Waals surface area contributed by atoms with Gasteiger partial charge >= 0.3 is 0 Å². The minimum atomic E-state index is -0.640. The third kappa shape index (κ3) is 6.76. The molecule has 1 amide bonds. The van der Waals surface area contributed by atoms with Crippen LogP contribution in [0.4, 0.5) is 0 Å². The molecule has 4 heteroatoms. The maximum absolute atomic E-state index is 11.3. The molecule has 0 spiro atoms. The summed E-state index contributed by atoms with van der Waals surface area (Å²) in [6.07, 6.45) is 15.6. The monoisotopic (exact) mass is 377 g/mol. The molecule has 0 aliphatic heterocycles. The summed E-state index contributed by atoms with van der Waals surface area (Å²) >= 11 is 0. The Morgan fingerprint density at radius 1 is 1.37 bits per heavy atom. The molecule has 0 unspecified atom stereocenters. The number of nitrogens with one attached hydrogen (secondary N) is 1. The maximum atomic E-state index is 11.3. The zero-order valence-electron chi connectivity index (χ0n) is 17.4. The molecular formula is C23H39NO3. The molecule has 0 heterocycles. The number of aliphatic hydroxyl groups excluding tert-OH is 1. The van der Waals surface area contributed by atoms with Crippen molar-refractivity contribution < 1.29 is 15.0 Å². The molecule has 0 aromatic carbocycles. The average molecular weight is 378 g/mol. The Morgan fingerprint density at radius 2 is 2.15 bits per heavy atom. The lowest BCUT2D eigenvalue weighted by atomic mass is 9.87. The molecule has 154 valence electrons. The van der Waals surface area contributed by atoms with E-state index < -0.39 is 5.60 Å². The van der Waals surface area contributed by atoms with Crippen LogP contribution in [0.5, 0.6) is 0 Å². The fraction of sp³-hybridized carbons (Fsp3) is 0.783. The van der Waals surface area contributed by atoms with E-state index in [1.807, 2.05) is 6.92 Å². The van der Waals surface area contributed by atoms with Gasteiger partial charge in [0.05, 0.1) is 11.7 Å². The highest BCUT2D eigenvalue weighted by Gasteiger charge is 2.43. The standard InChI is InChI=1S/C23H39NO3/c1-4-5-12-23(2,27)13-8-10-19-20-15-17(14-18(20)16-21(19)25)9-6-7-11-22(26)24-3/h8,10,14,18-21,25,27H,4-7,9,11-13,15-16H2,1-3H3,(H,24,26)/t18-,19+,20-,21+,23-/m0/s1. The quantitative estimate of drug-likeness (QED) is 0.375. The molecule has 2 rings (SSSR count). The van der Waals surface area contributed by atoms with Crippen molar-refractivity contribution >= 4 is 5.91 Å². The SMILES string of the molecule is CCCC[C@](C)(O)CC=C[C@@H]1[C@H]2CC(CCCCC(=O)NC)=C[C@H]2C[C@H]1O. The molecule has 2 aliphatic carbocycles. The summed E-state index contributed by atoms with van der Waals surface area (Å²) in [7, 11) is 1.69. The summed E-state index contributed by atoms with van der Waals surface area (Å²) in [6.45, 7) is 4.05. The maximum Gasteiger partial charge on any atom is 0.219 e. The van der Waals surface area contributed by atoms with Gasteiger partial charge in [-0.3, -0.25) is 4.79 Å². The molecule has 2 aliphatic rings. The van der Waals surface area contributed by atoms with Crippen molar-refractivity contribution in [3.63, 3.8) is 0 Å². The zero-order valence-corrected chi connectivity index (χ0v) is 17.4. The number of unbranched alkanes of at least 4 members (excludes halogenated alkanes) is 2. The van der Waals surface area contributed by atoms with Crippen LogP contribution >= 0.6 is 0 Å². The van der Waals surface area contributed by atoms with Gasteiger partial charge < -0.3 is 15.5 Å². The van der Waals surface area contributed by atoms with Crippen LogP contribution in [0.1, 0.15) is 78.1 Å². The molecule has 0 radical (unpaired) electrons. The van der Waals surface area contributed by atoms with E-state index in [4.69, 9.17) is 0 Å². The lowest BCUT2D eigenvalue weighted by Gasteiger charge is -2.22. The van der Waals surface area contributed by atoms with E-state index in [0.717, 1.165) is 51.4 Å². The molecule has 27 heavy (non-hydrogen) atoms. The third-order valence-electron chi connectivity index (χ3n) is 6.37. The van der Waals surface area contributed by atoms with Crippen molar-refractivity contribution in [2.75, 3.05) is 7.05 Å². The number of hydrogen-bond donors (Lipinski definition) is 3. The van der Waals surface area contributed by atoms with Crippen LogP contribution in [0.25, 0.3) is 0 Å². The number of amides is 1. The smallest absolute Gasteiger partial charge is 0.219 e. The van der Waals surface area contributed by atoms with Crippen LogP contribution in [0.15, 0.2) is 23.8 Å². The van der Waals surface area contributed by atoms with E-state index in [-0.39, 0.29) is 17.9 Å². The van der Waals surface area contributed by atoms with Crippen molar-refractivity contribution in [3.8, 4) is 0 Å². The molecule has 5 atom stereocenters. The normalized spacial score (nSPS) is 29.6. The van der Waals surface area contributed by atoms with E-state index in [1.54, 1.807) is 7.05 Å². The van der Waals surface area contributed by atoms with Gasteiger partial charge in [-0.15, -0.1) is 0 Å². The molecule has 0 aromatic rings. The van der Waals surface area contributed by atoms with Crippen LogP contribution in [-0.2, 0) is 4.79 Å². The highest BCUT2D eigenvalue weighted by atomic mass is 16.3. The van der Waals surface area contributed by atoms with Crippen molar-refractivity contribution in [2.45, 2.75) is 89.8 Å². The molecular weight excluding hydrogens is 338 g/mol. The summed E-state index contributed by atoms with van der Waals surface area (Å²) in [5.74, 6) is 1.32. The largest absolute Gasteiger partial charge is 0.392 e. The van der Waals surface area contributed by atoms with Crippen molar-refractivity contribution in [1.29, 1.82) is 0 Å². The first-order valence-electron chi connectivity index (χ1n) is 10.8. The van der Waals surface area contributed by atoms with Gasteiger partial charge in [-0.05, 0) is 63.7 Å². The van der Waals surface area contributed by atoms with Gasteiger partial charge in [-0.1, -0.05) is 43.6 Å². The highest BCUT2D eigenvalue weighted by Crippen LogP contribution is 2.48. The van der Waals surface area contributed by atoms with E-state index in [0.29, 0.717) is 24.7 Å². The number of allylic oxidation sites excluding steroid dienone is 2. The van der Waals surface area contributed by atoms with E-state index >= 15 is 0 Å². The molecule has 4 nitrogen and oxygen atoms in total. The molecule has 1 saturated carbocycles. The lowest BCUT2D eigenvalue weighted by molar-refractivity contribution is -0.120. The Bertz CT molecular complexity index is 538. The first-order chi connectivity index (χ1) is 12.9. The number of rotatable bonds is 11. The van der Waals surface area contributed by atoms with Crippen molar-refractivity contribution in [2.24, 2.45) is 17.8 Å². The fourth-order valence-electron chi connectivity index (χ4n) is 4.69. The van der Waals surface area contributed by atoms with Crippen LogP contribution in [0, 0.1) is 17.8 Å². The fourth-order valence-corrected chi connectivity index (χ4v) is 4.69. The molecule has 0 bridgehead atoms. The summed E-state index contributed by atoms with van der Waals surface area (Å²) in [6, 6.07) is 0. The van der Waals surface area contributed by atoms with Crippen LogP contribution in [0.3, 0.4) is 0 Å². The average Bonchev–Trinajstić information content (AvgIpc) is 3.14.